The van der Waals surface area contributed by atoms with Crippen molar-refractivity contribution in [2.45, 2.75) is 25.8 Å². The number of likely N-dealkylation sites (tertiary alicyclic amines) is 1. The predicted molar refractivity (Wildman–Crippen MR) is 109 cm³/mol. The van der Waals surface area contributed by atoms with Crippen LogP contribution in [0.5, 0.6) is 0 Å². The summed E-state index contributed by atoms with van der Waals surface area (Å²) in [4.78, 5) is 47.5. The molecule has 0 aliphatic carbocycles. The number of fused-ring (bicyclic) bond motifs is 1. The summed E-state index contributed by atoms with van der Waals surface area (Å²) in [5, 5.41) is 0. The molecule has 1 aromatic heterocycles. The average molecular weight is 397 g/mol. The Labute approximate surface area is 169 Å². The molecule has 1 aromatic carbocycles. The second-order valence-corrected chi connectivity index (χ2v) is 7.77. The molecule has 2 aromatic rings. The highest BCUT2D eigenvalue weighted by atomic mass is 16.2. The topological polar surface area (TPSA) is 78.8 Å². The van der Waals surface area contributed by atoms with Crippen molar-refractivity contribution in [1.29, 1.82) is 0 Å². The molecule has 0 saturated carbocycles. The summed E-state index contributed by atoms with van der Waals surface area (Å²) in [6.45, 7) is 4.67. The van der Waals surface area contributed by atoms with Gasteiger partial charge in [-0.25, -0.2) is 4.98 Å². The fraction of sp³-hybridized carbons (Fsp3) is 0.524. The summed E-state index contributed by atoms with van der Waals surface area (Å²) in [6.07, 6.45) is 4.66. The van der Waals surface area contributed by atoms with Crippen molar-refractivity contribution >= 4 is 22.8 Å². The summed E-state index contributed by atoms with van der Waals surface area (Å²) in [5.41, 5.74) is 1.09. The highest BCUT2D eigenvalue weighted by Crippen LogP contribution is 2.12. The highest BCUT2D eigenvalue weighted by Gasteiger charge is 2.25. The number of rotatable bonds is 4. The Bertz CT molecular complexity index is 943. The van der Waals surface area contributed by atoms with Crippen LogP contribution >= 0.6 is 0 Å². The van der Waals surface area contributed by atoms with E-state index in [4.69, 9.17) is 0 Å². The van der Waals surface area contributed by atoms with Crippen LogP contribution in [-0.2, 0) is 16.1 Å². The number of piperidine rings is 1. The zero-order chi connectivity index (χ0) is 20.2. The maximum atomic E-state index is 12.8. The van der Waals surface area contributed by atoms with Crippen molar-refractivity contribution in [3.8, 4) is 0 Å². The van der Waals surface area contributed by atoms with E-state index >= 15 is 0 Å². The second kappa shape index (κ2) is 8.73. The molecule has 0 spiro atoms. The van der Waals surface area contributed by atoms with Gasteiger partial charge in [-0.3, -0.25) is 23.9 Å². The number of amides is 2. The number of benzene rings is 1. The van der Waals surface area contributed by atoms with Gasteiger partial charge in [-0.1, -0.05) is 12.1 Å². The van der Waals surface area contributed by atoms with Gasteiger partial charge in [0.05, 0.1) is 23.8 Å². The molecule has 2 fully saturated rings. The summed E-state index contributed by atoms with van der Waals surface area (Å²) in [7, 11) is 0. The second-order valence-electron chi connectivity index (χ2n) is 7.77. The molecule has 2 amide bonds. The third-order valence-electron chi connectivity index (χ3n) is 5.84. The van der Waals surface area contributed by atoms with Gasteiger partial charge in [-0.2, -0.15) is 0 Å². The van der Waals surface area contributed by atoms with Gasteiger partial charge in [-0.15, -0.1) is 0 Å². The van der Waals surface area contributed by atoms with Crippen LogP contribution < -0.4 is 5.56 Å². The molecule has 154 valence electrons. The molecule has 29 heavy (non-hydrogen) atoms. The van der Waals surface area contributed by atoms with Gasteiger partial charge in [0.15, 0.2) is 0 Å². The van der Waals surface area contributed by atoms with Crippen LogP contribution in [0.2, 0.25) is 0 Å². The van der Waals surface area contributed by atoms with Gasteiger partial charge in [0, 0.05) is 39.3 Å². The Kier molecular flexibility index (Phi) is 5.89. The molecule has 3 heterocycles. The first-order valence-electron chi connectivity index (χ1n) is 10.3. The predicted octanol–water partition coefficient (Wildman–Crippen LogP) is 0.553. The van der Waals surface area contributed by atoms with Crippen molar-refractivity contribution in [1.82, 2.24) is 24.3 Å². The van der Waals surface area contributed by atoms with Crippen LogP contribution in [0, 0.1) is 0 Å². The van der Waals surface area contributed by atoms with E-state index in [-0.39, 0.29) is 23.9 Å². The summed E-state index contributed by atoms with van der Waals surface area (Å²) < 4.78 is 1.48. The number of aromatic nitrogens is 2. The standard InChI is InChI=1S/C21H27N5O3/c27-19-14-22-17-6-2-3-7-18(17)26(19)16-21(29)25-12-10-23(11-13-25)15-20(28)24-8-4-1-5-9-24/h2-3,6-7,14H,1,4-5,8-13,15-16H2. The molecule has 0 radical (unpaired) electrons. The molecule has 0 bridgehead atoms. The minimum absolute atomic E-state index is 0.00851. The van der Waals surface area contributed by atoms with Crippen LogP contribution in [0.25, 0.3) is 11.0 Å². The van der Waals surface area contributed by atoms with Crippen molar-refractivity contribution in [2.24, 2.45) is 0 Å². The molecular formula is C21H27N5O3. The fourth-order valence-electron chi connectivity index (χ4n) is 4.10. The average Bonchev–Trinajstić information content (AvgIpc) is 2.77. The summed E-state index contributed by atoms with van der Waals surface area (Å²) in [5.74, 6) is 0.116. The van der Waals surface area contributed by atoms with Crippen molar-refractivity contribution < 1.29 is 9.59 Å². The van der Waals surface area contributed by atoms with E-state index in [1.54, 1.807) is 11.0 Å². The van der Waals surface area contributed by atoms with Gasteiger partial charge in [-0.05, 0) is 31.4 Å². The first-order valence-corrected chi connectivity index (χ1v) is 10.3. The number of para-hydroxylation sites is 2. The van der Waals surface area contributed by atoms with E-state index in [1.165, 1.54) is 17.2 Å². The summed E-state index contributed by atoms with van der Waals surface area (Å²) in [6, 6.07) is 7.33. The smallest absolute Gasteiger partial charge is 0.269 e. The van der Waals surface area contributed by atoms with Gasteiger partial charge in [0.1, 0.15) is 6.54 Å². The number of nitrogens with zero attached hydrogens (tertiary/aromatic N) is 5. The maximum absolute atomic E-state index is 12.8. The van der Waals surface area contributed by atoms with Crippen molar-refractivity contribution in [3.63, 3.8) is 0 Å². The third kappa shape index (κ3) is 4.48. The van der Waals surface area contributed by atoms with Gasteiger partial charge >= 0.3 is 0 Å². The quantitative estimate of drug-likeness (QED) is 0.753. The summed E-state index contributed by atoms with van der Waals surface area (Å²) >= 11 is 0. The zero-order valence-corrected chi connectivity index (χ0v) is 16.6. The number of hydrogen-bond donors (Lipinski definition) is 0. The molecule has 2 aliphatic rings. The van der Waals surface area contributed by atoms with E-state index in [1.807, 2.05) is 23.1 Å². The van der Waals surface area contributed by atoms with E-state index in [0.717, 1.165) is 25.9 Å². The monoisotopic (exact) mass is 397 g/mol. The minimum Gasteiger partial charge on any atom is -0.342 e. The van der Waals surface area contributed by atoms with Gasteiger partial charge < -0.3 is 9.80 Å². The molecule has 0 unspecified atom stereocenters. The van der Waals surface area contributed by atoms with Gasteiger partial charge in [0.2, 0.25) is 11.8 Å². The van der Waals surface area contributed by atoms with Crippen LogP contribution in [0.15, 0.2) is 35.3 Å². The van der Waals surface area contributed by atoms with Crippen LogP contribution in [0.3, 0.4) is 0 Å². The molecule has 8 nitrogen and oxygen atoms in total. The number of carbonyl (C=O) groups excluding carboxylic acids is 2. The lowest BCUT2D eigenvalue weighted by atomic mass is 10.1. The molecule has 8 heteroatoms. The Morgan fingerprint density at radius 3 is 2.24 bits per heavy atom. The lowest BCUT2D eigenvalue weighted by Crippen LogP contribution is -2.52. The molecule has 2 saturated heterocycles. The SMILES string of the molecule is O=C(CN1CCN(C(=O)Cn2c(=O)cnc3ccccc32)CC1)N1CCCCC1. The maximum Gasteiger partial charge on any atom is 0.269 e. The minimum atomic E-state index is -0.275. The number of piperazine rings is 1. The highest BCUT2D eigenvalue weighted by molar-refractivity contribution is 5.80. The largest absolute Gasteiger partial charge is 0.342 e. The van der Waals surface area contributed by atoms with E-state index < -0.39 is 0 Å². The fourth-order valence-corrected chi connectivity index (χ4v) is 4.10. The first kappa shape index (κ1) is 19.6. The van der Waals surface area contributed by atoms with Gasteiger partial charge in [0.25, 0.3) is 5.56 Å². The normalized spacial score (nSPS) is 18.2. The number of hydrogen-bond acceptors (Lipinski definition) is 5. The Hall–Kier alpha value is -2.74. The van der Waals surface area contributed by atoms with Crippen LogP contribution in [-0.4, -0.2) is 81.9 Å². The molecule has 0 N–H and O–H groups in total. The lowest BCUT2D eigenvalue weighted by molar-refractivity contribution is -0.136. The number of carbonyl (C=O) groups is 2. The third-order valence-corrected chi connectivity index (χ3v) is 5.84. The molecule has 2 aliphatic heterocycles. The van der Waals surface area contributed by atoms with E-state index in [0.29, 0.717) is 43.8 Å². The molecular weight excluding hydrogens is 370 g/mol. The van der Waals surface area contributed by atoms with Crippen LogP contribution in [0.1, 0.15) is 19.3 Å². The van der Waals surface area contributed by atoms with E-state index in [2.05, 4.69) is 9.88 Å². The molecule has 0 atom stereocenters. The Morgan fingerprint density at radius 2 is 1.48 bits per heavy atom. The lowest BCUT2D eigenvalue weighted by Gasteiger charge is -2.36. The van der Waals surface area contributed by atoms with E-state index in [9.17, 15) is 14.4 Å². The Balaban J connectivity index is 1.33. The zero-order valence-electron chi connectivity index (χ0n) is 16.6. The first-order chi connectivity index (χ1) is 14.1. The van der Waals surface area contributed by atoms with Crippen molar-refractivity contribution in [3.05, 3.63) is 40.8 Å². The van der Waals surface area contributed by atoms with Crippen LogP contribution in [0.4, 0.5) is 0 Å². The molecule has 4 rings (SSSR count). The Morgan fingerprint density at radius 1 is 0.828 bits per heavy atom. The van der Waals surface area contributed by atoms with Crippen molar-refractivity contribution in [2.75, 3.05) is 45.8 Å².